The minimum Gasteiger partial charge on any atom is -0.444 e. The van der Waals surface area contributed by atoms with Crippen molar-refractivity contribution in [3.63, 3.8) is 0 Å². The van der Waals surface area contributed by atoms with E-state index in [9.17, 15) is 9.59 Å². The highest BCUT2D eigenvalue weighted by atomic mass is 16.6. The van der Waals surface area contributed by atoms with Gasteiger partial charge >= 0.3 is 12.1 Å². The van der Waals surface area contributed by atoms with Crippen LogP contribution in [0.4, 0.5) is 15.3 Å². The number of ether oxygens (including phenoxy) is 1. The lowest BCUT2D eigenvalue weighted by Gasteiger charge is -2.35. The second kappa shape index (κ2) is 7.09. The van der Waals surface area contributed by atoms with Crippen molar-refractivity contribution in [3.05, 3.63) is 47.8 Å². The van der Waals surface area contributed by atoms with Crippen LogP contribution in [0.15, 0.2) is 36.5 Å². The molecule has 0 bridgehead atoms. The molecule has 0 aliphatic carbocycles. The summed E-state index contributed by atoms with van der Waals surface area (Å²) < 4.78 is 7.44. The Morgan fingerprint density at radius 2 is 1.93 bits per heavy atom. The van der Waals surface area contributed by atoms with Crippen molar-refractivity contribution in [2.75, 3.05) is 11.4 Å². The summed E-state index contributed by atoms with van der Waals surface area (Å²) in [5.74, 6) is 0. The fourth-order valence-electron chi connectivity index (χ4n) is 3.80. The van der Waals surface area contributed by atoms with E-state index in [-0.39, 0.29) is 24.2 Å². The molecular weight excluding hydrogens is 370 g/mol. The van der Waals surface area contributed by atoms with Crippen LogP contribution >= 0.6 is 0 Å². The largest absolute Gasteiger partial charge is 0.444 e. The summed E-state index contributed by atoms with van der Waals surface area (Å²) in [6, 6.07) is 9.62. The molecule has 0 spiro atoms. The van der Waals surface area contributed by atoms with Gasteiger partial charge in [-0.2, -0.15) is 5.10 Å². The molecule has 1 fully saturated rings. The van der Waals surface area contributed by atoms with Crippen LogP contribution in [0.2, 0.25) is 0 Å². The lowest BCUT2D eigenvalue weighted by molar-refractivity contribution is 0.00913. The van der Waals surface area contributed by atoms with Crippen molar-refractivity contribution < 1.29 is 14.3 Å². The van der Waals surface area contributed by atoms with Crippen LogP contribution in [-0.4, -0.2) is 45.0 Å². The Balaban J connectivity index is 1.56. The Kier molecular flexibility index (Phi) is 4.72. The SMILES string of the molecule is CC1Cn2ncc(N3CC(c4ccccc4)NC3=O)c2CN1C(=O)OC(C)(C)C. The van der Waals surface area contributed by atoms with E-state index >= 15 is 0 Å². The maximum absolute atomic E-state index is 12.7. The summed E-state index contributed by atoms with van der Waals surface area (Å²) >= 11 is 0. The molecule has 3 amide bonds. The van der Waals surface area contributed by atoms with E-state index in [1.54, 1.807) is 16.0 Å². The third kappa shape index (κ3) is 3.79. The molecule has 29 heavy (non-hydrogen) atoms. The third-order valence-electron chi connectivity index (χ3n) is 5.24. The van der Waals surface area contributed by atoms with Gasteiger partial charge in [-0.15, -0.1) is 0 Å². The van der Waals surface area contributed by atoms with E-state index in [0.29, 0.717) is 19.6 Å². The minimum absolute atomic E-state index is 0.0467. The molecule has 0 radical (unpaired) electrons. The van der Waals surface area contributed by atoms with Gasteiger partial charge in [0.1, 0.15) is 5.60 Å². The number of carbonyl (C=O) groups excluding carboxylic acids is 2. The second-order valence-corrected chi connectivity index (χ2v) is 8.64. The van der Waals surface area contributed by atoms with Crippen LogP contribution in [0, 0.1) is 0 Å². The molecule has 1 aromatic heterocycles. The quantitative estimate of drug-likeness (QED) is 0.843. The smallest absolute Gasteiger partial charge is 0.410 e. The average molecular weight is 397 g/mol. The number of nitrogens with zero attached hydrogens (tertiary/aromatic N) is 4. The van der Waals surface area contributed by atoms with Gasteiger partial charge in [0.15, 0.2) is 0 Å². The van der Waals surface area contributed by atoms with Crippen LogP contribution < -0.4 is 10.2 Å². The standard InChI is InChI=1S/C21H27N5O3/c1-14-11-26-18(13-24(14)20(28)29-21(2,3)4)17(10-22-26)25-12-16(23-19(25)27)15-8-6-5-7-9-15/h5-10,14,16H,11-13H2,1-4H3,(H,23,27). The van der Waals surface area contributed by atoms with Gasteiger partial charge in [0.2, 0.25) is 0 Å². The third-order valence-corrected chi connectivity index (χ3v) is 5.24. The zero-order valence-corrected chi connectivity index (χ0v) is 17.3. The van der Waals surface area contributed by atoms with Crippen molar-refractivity contribution in [2.45, 2.75) is 58.5 Å². The van der Waals surface area contributed by atoms with E-state index in [4.69, 9.17) is 4.74 Å². The first-order valence-corrected chi connectivity index (χ1v) is 9.90. The van der Waals surface area contributed by atoms with Gasteiger partial charge in [0.25, 0.3) is 0 Å². The molecule has 1 aromatic carbocycles. The first kappa shape index (κ1) is 19.3. The molecule has 8 heteroatoms. The number of urea groups is 1. The first-order chi connectivity index (χ1) is 13.7. The number of nitrogens with one attached hydrogen (secondary N) is 1. The van der Waals surface area contributed by atoms with Crippen molar-refractivity contribution in [3.8, 4) is 0 Å². The predicted octanol–water partition coefficient (Wildman–Crippen LogP) is 3.29. The topological polar surface area (TPSA) is 79.7 Å². The van der Waals surface area contributed by atoms with Gasteiger partial charge in [-0.1, -0.05) is 30.3 Å². The molecule has 154 valence electrons. The Morgan fingerprint density at radius 3 is 2.62 bits per heavy atom. The number of benzene rings is 1. The zero-order valence-electron chi connectivity index (χ0n) is 17.3. The summed E-state index contributed by atoms with van der Waals surface area (Å²) in [5.41, 5.74) is 2.09. The summed E-state index contributed by atoms with van der Waals surface area (Å²) in [5, 5.41) is 7.50. The molecule has 8 nitrogen and oxygen atoms in total. The molecule has 1 saturated heterocycles. The molecule has 2 unspecified atom stereocenters. The Morgan fingerprint density at radius 1 is 1.21 bits per heavy atom. The van der Waals surface area contributed by atoms with Gasteiger partial charge in [0.05, 0.1) is 49.3 Å². The summed E-state index contributed by atoms with van der Waals surface area (Å²) in [6.07, 6.45) is 1.37. The van der Waals surface area contributed by atoms with E-state index in [1.165, 1.54) is 0 Å². The van der Waals surface area contributed by atoms with Crippen LogP contribution in [0.5, 0.6) is 0 Å². The van der Waals surface area contributed by atoms with E-state index < -0.39 is 5.60 Å². The Labute approximate surface area is 170 Å². The van der Waals surface area contributed by atoms with Gasteiger partial charge in [-0.3, -0.25) is 14.5 Å². The fourth-order valence-corrected chi connectivity index (χ4v) is 3.80. The van der Waals surface area contributed by atoms with Crippen molar-refractivity contribution >= 4 is 17.8 Å². The molecule has 4 rings (SSSR count). The number of carbonyl (C=O) groups is 2. The van der Waals surface area contributed by atoms with Crippen molar-refractivity contribution in [1.82, 2.24) is 20.0 Å². The van der Waals surface area contributed by atoms with Crippen LogP contribution in [-0.2, 0) is 17.8 Å². The molecule has 1 N–H and O–H groups in total. The van der Waals surface area contributed by atoms with Crippen LogP contribution in [0.3, 0.4) is 0 Å². The van der Waals surface area contributed by atoms with E-state index in [2.05, 4.69) is 10.4 Å². The number of rotatable bonds is 2. The second-order valence-electron chi connectivity index (χ2n) is 8.64. The van der Waals surface area contributed by atoms with Crippen LogP contribution in [0.1, 0.15) is 45.0 Å². The zero-order chi connectivity index (χ0) is 20.8. The van der Waals surface area contributed by atoms with Gasteiger partial charge in [-0.25, -0.2) is 9.59 Å². The van der Waals surface area contributed by atoms with Gasteiger partial charge < -0.3 is 10.1 Å². The number of hydrogen-bond acceptors (Lipinski definition) is 4. The molecule has 3 heterocycles. The van der Waals surface area contributed by atoms with Crippen LogP contribution in [0.25, 0.3) is 0 Å². The van der Waals surface area contributed by atoms with E-state index in [0.717, 1.165) is 16.9 Å². The highest BCUT2D eigenvalue weighted by Crippen LogP contribution is 2.32. The Hall–Kier alpha value is -3.03. The lowest BCUT2D eigenvalue weighted by Crippen LogP contribution is -2.47. The highest BCUT2D eigenvalue weighted by molar-refractivity contribution is 5.95. The number of fused-ring (bicyclic) bond motifs is 1. The summed E-state index contributed by atoms with van der Waals surface area (Å²) in [6.45, 7) is 8.97. The molecular formula is C21H27N5O3. The van der Waals surface area contributed by atoms with E-state index in [1.807, 2.05) is 62.7 Å². The summed E-state index contributed by atoms with van der Waals surface area (Å²) in [7, 11) is 0. The maximum atomic E-state index is 12.7. The fraction of sp³-hybridized carbons (Fsp3) is 0.476. The lowest BCUT2D eigenvalue weighted by atomic mass is 10.1. The predicted molar refractivity (Wildman–Crippen MR) is 109 cm³/mol. The maximum Gasteiger partial charge on any atom is 0.410 e. The van der Waals surface area contributed by atoms with Crippen molar-refractivity contribution in [1.29, 1.82) is 0 Å². The molecule has 2 aliphatic heterocycles. The van der Waals surface area contributed by atoms with Gasteiger partial charge in [0, 0.05) is 0 Å². The summed E-state index contributed by atoms with van der Waals surface area (Å²) in [4.78, 5) is 28.8. The number of aromatic nitrogens is 2. The minimum atomic E-state index is -0.560. The number of hydrogen-bond donors (Lipinski definition) is 1. The van der Waals surface area contributed by atoms with Crippen molar-refractivity contribution in [2.24, 2.45) is 0 Å². The highest BCUT2D eigenvalue weighted by Gasteiger charge is 2.37. The first-order valence-electron chi connectivity index (χ1n) is 9.90. The molecule has 2 aliphatic rings. The molecule has 0 saturated carbocycles. The number of anilines is 1. The Bertz CT molecular complexity index is 918. The molecule has 2 atom stereocenters. The average Bonchev–Trinajstić information content (AvgIpc) is 3.23. The number of amides is 3. The molecule has 2 aromatic rings. The monoisotopic (exact) mass is 397 g/mol. The van der Waals surface area contributed by atoms with Gasteiger partial charge in [-0.05, 0) is 33.3 Å². The normalized spacial score (nSPS) is 21.7.